The molecule has 0 aliphatic carbocycles. The van der Waals surface area contributed by atoms with Crippen LogP contribution < -0.4 is 4.74 Å². The number of aryl methyl sites for hydroxylation is 1. The minimum atomic E-state index is -4.59. The molecule has 0 bridgehead atoms. The topological polar surface area (TPSA) is 49.2 Å². The van der Waals surface area contributed by atoms with Crippen molar-refractivity contribution in [3.8, 4) is 17.1 Å². The predicted octanol–water partition coefficient (Wildman–Crippen LogP) is 3.45. The Labute approximate surface area is 135 Å². The van der Waals surface area contributed by atoms with Crippen molar-refractivity contribution in [3.63, 3.8) is 0 Å². The van der Waals surface area contributed by atoms with Gasteiger partial charge in [0.15, 0.2) is 5.82 Å². The van der Waals surface area contributed by atoms with Gasteiger partial charge in [-0.25, -0.2) is 9.67 Å². The first-order valence-electron chi connectivity index (χ1n) is 7.34. The molecule has 1 aliphatic heterocycles. The van der Waals surface area contributed by atoms with Crippen LogP contribution in [0.3, 0.4) is 0 Å². The third-order valence-electron chi connectivity index (χ3n) is 3.62. The predicted molar refractivity (Wildman–Crippen MR) is 76.2 cm³/mol. The van der Waals surface area contributed by atoms with Crippen molar-refractivity contribution in [2.75, 3.05) is 13.2 Å². The van der Waals surface area contributed by atoms with Gasteiger partial charge in [-0.15, -0.1) is 0 Å². The van der Waals surface area contributed by atoms with Gasteiger partial charge >= 0.3 is 12.5 Å². The number of ether oxygens (including phenoxy) is 2. The van der Waals surface area contributed by atoms with Crippen LogP contribution in [0.25, 0.3) is 11.4 Å². The maximum atomic E-state index is 13.3. The van der Waals surface area contributed by atoms with Gasteiger partial charge in [-0.1, -0.05) is 12.1 Å². The fourth-order valence-corrected chi connectivity index (χ4v) is 2.51. The molecule has 1 unspecified atom stereocenters. The van der Waals surface area contributed by atoms with Gasteiger partial charge in [0.1, 0.15) is 11.6 Å². The Morgan fingerprint density at radius 3 is 2.75 bits per heavy atom. The van der Waals surface area contributed by atoms with E-state index in [1.165, 1.54) is 18.2 Å². The van der Waals surface area contributed by atoms with Crippen molar-refractivity contribution in [1.29, 1.82) is 0 Å². The maximum Gasteiger partial charge on any atom is 0.461 e. The average molecular weight is 345 g/mol. The molecule has 2 aromatic rings. The Hall–Kier alpha value is -2.16. The SMILES string of the molecule is Cc1nc(-c2ccccc2OC(F)(F)C(F)F)n(C2CCOC2)n1. The van der Waals surface area contributed by atoms with Crippen molar-refractivity contribution in [1.82, 2.24) is 14.8 Å². The highest BCUT2D eigenvalue weighted by Crippen LogP contribution is 2.36. The van der Waals surface area contributed by atoms with E-state index in [2.05, 4.69) is 14.8 Å². The molecule has 1 aliphatic rings. The standard InChI is InChI=1S/C15H15F4N3O2/c1-9-20-13(22(21-9)10-6-7-23-8-10)11-4-2-3-5-12(11)24-15(18,19)14(16)17/h2-5,10,14H,6-8H2,1H3. The molecule has 9 heteroatoms. The molecule has 0 saturated carbocycles. The van der Waals surface area contributed by atoms with E-state index < -0.39 is 12.5 Å². The molecule has 5 nitrogen and oxygen atoms in total. The third kappa shape index (κ3) is 3.21. The summed E-state index contributed by atoms with van der Waals surface area (Å²) in [5, 5.41) is 4.28. The van der Waals surface area contributed by atoms with E-state index in [1.807, 2.05) is 0 Å². The summed E-state index contributed by atoms with van der Waals surface area (Å²) in [6.45, 7) is 2.64. The van der Waals surface area contributed by atoms with Crippen LogP contribution in [0.5, 0.6) is 5.75 Å². The minimum absolute atomic E-state index is 0.0927. The van der Waals surface area contributed by atoms with Crippen LogP contribution in [-0.4, -0.2) is 40.5 Å². The number of hydrogen-bond acceptors (Lipinski definition) is 4. The monoisotopic (exact) mass is 345 g/mol. The van der Waals surface area contributed by atoms with Gasteiger partial charge in [0, 0.05) is 6.61 Å². The molecule has 1 aromatic heterocycles. The molecule has 0 spiro atoms. The van der Waals surface area contributed by atoms with E-state index in [-0.39, 0.29) is 23.2 Å². The van der Waals surface area contributed by atoms with Gasteiger partial charge in [-0.05, 0) is 25.5 Å². The Balaban J connectivity index is 2.02. The number of halogens is 4. The first-order chi connectivity index (χ1) is 11.4. The summed E-state index contributed by atoms with van der Waals surface area (Å²) in [7, 11) is 0. The summed E-state index contributed by atoms with van der Waals surface area (Å²) < 4.78 is 62.6. The van der Waals surface area contributed by atoms with E-state index in [1.54, 1.807) is 17.7 Å². The fraction of sp³-hybridized carbons (Fsp3) is 0.467. The van der Waals surface area contributed by atoms with Gasteiger partial charge < -0.3 is 9.47 Å². The largest absolute Gasteiger partial charge is 0.461 e. The lowest BCUT2D eigenvalue weighted by atomic mass is 10.1. The van der Waals surface area contributed by atoms with Crippen molar-refractivity contribution in [2.45, 2.75) is 31.9 Å². The summed E-state index contributed by atoms with van der Waals surface area (Å²) in [5.41, 5.74) is 0.172. The Morgan fingerprint density at radius 2 is 2.08 bits per heavy atom. The average Bonchev–Trinajstić information content (AvgIpc) is 3.16. The van der Waals surface area contributed by atoms with Gasteiger partial charge in [0.05, 0.1) is 18.2 Å². The highest BCUT2D eigenvalue weighted by Gasteiger charge is 2.44. The van der Waals surface area contributed by atoms with Crippen molar-refractivity contribution < 1.29 is 27.0 Å². The second-order valence-corrected chi connectivity index (χ2v) is 5.41. The maximum absolute atomic E-state index is 13.3. The molecule has 3 rings (SSSR count). The number of nitrogens with zero attached hydrogens (tertiary/aromatic N) is 3. The third-order valence-corrected chi connectivity index (χ3v) is 3.62. The smallest absolute Gasteiger partial charge is 0.428 e. The number of benzene rings is 1. The van der Waals surface area contributed by atoms with E-state index >= 15 is 0 Å². The number of hydrogen-bond donors (Lipinski definition) is 0. The normalized spacial score (nSPS) is 18.3. The van der Waals surface area contributed by atoms with Crippen molar-refractivity contribution in [3.05, 3.63) is 30.1 Å². The molecule has 130 valence electrons. The Kier molecular flexibility index (Phi) is 4.44. The van der Waals surface area contributed by atoms with Crippen molar-refractivity contribution in [2.24, 2.45) is 0 Å². The van der Waals surface area contributed by atoms with Gasteiger partial charge in [0.25, 0.3) is 0 Å². The summed E-state index contributed by atoms with van der Waals surface area (Å²) >= 11 is 0. The van der Waals surface area contributed by atoms with Crippen LogP contribution in [0, 0.1) is 6.92 Å². The Bertz CT molecular complexity index is 714. The Morgan fingerprint density at radius 1 is 1.33 bits per heavy atom. The summed E-state index contributed by atoms with van der Waals surface area (Å²) in [4.78, 5) is 4.24. The first-order valence-corrected chi connectivity index (χ1v) is 7.34. The lowest BCUT2D eigenvalue weighted by molar-refractivity contribution is -0.253. The second-order valence-electron chi connectivity index (χ2n) is 5.41. The number of rotatable bonds is 5. The molecule has 1 fully saturated rings. The van der Waals surface area contributed by atoms with Gasteiger partial charge in [-0.2, -0.15) is 22.7 Å². The second kappa shape index (κ2) is 6.39. The number of para-hydroxylation sites is 1. The van der Waals surface area contributed by atoms with Crippen LogP contribution in [0.1, 0.15) is 18.3 Å². The van der Waals surface area contributed by atoms with Crippen LogP contribution in [-0.2, 0) is 4.74 Å². The zero-order valence-electron chi connectivity index (χ0n) is 12.8. The van der Waals surface area contributed by atoms with E-state index in [0.717, 1.165) is 0 Å². The highest BCUT2D eigenvalue weighted by molar-refractivity contribution is 5.64. The minimum Gasteiger partial charge on any atom is -0.428 e. The number of alkyl halides is 4. The molecule has 24 heavy (non-hydrogen) atoms. The zero-order chi connectivity index (χ0) is 17.3. The molecule has 0 amide bonds. The summed E-state index contributed by atoms with van der Waals surface area (Å²) in [5.74, 6) is 0.339. The summed E-state index contributed by atoms with van der Waals surface area (Å²) in [6.07, 6.45) is -7.83. The molecular formula is C15H15F4N3O2. The fourth-order valence-electron chi connectivity index (χ4n) is 2.51. The molecule has 1 atom stereocenters. The summed E-state index contributed by atoms with van der Waals surface area (Å²) in [6, 6.07) is 5.59. The zero-order valence-corrected chi connectivity index (χ0v) is 12.8. The van der Waals surface area contributed by atoms with Crippen LogP contribution in [0.4, 0.5) is 17.6 Å². The molecule has 1 saturated heterocycles. The molecule has 2 heterocycles. The molecule has 0 radical (unpaired) electrons. The van der Waals surface area contributed by atoms with Crippen molar-refractivity contribution >= 4 is 0 Å². The number of aromatic nitrogens is 3. The first kappa shape index (κ1) is 16.7. The lowest BCUT2D eigenvalue weighted by Gasteiger charge is -2.19. The van der Waals surface area contributed by atoms with E-state index in [9.17, 15) is 17.6 Å². The van der Waals surface area contributed by atoms with Gasteiger partial charge in [0.2, 0.25) is 0 Å². The molecule has 1 aromatic carbocycles. The van der Waals surface area contributed by atoms with Crippen LogP contribution >= 0.6 is 0 Å². The molecule has 0 N–H and O–H groups in total. The van der Waals surface area contributed by atoms with Crippen LogP contribution in [0.2, 0.25) is 0 Å². The van der Waals surface area contributed by atoms with Gasteiger partial charge in [-0.3, -0.25) is 0 Å². The highest BCUT2D eigenvalue weighted by atomic mass is 19.3. The van der Waals surface area contributed by atoms with E-state index in [0.29, 0.717) is 25.5 Å². The lowest BCUT2D eigenvalue weighted by Crippen LogP contribution is -2.33. The van der Waals surface area contributed by atoms with E-state index in [4.69, 9.17) is 4.74 Å². The molecular weight excluding hydrogens is 330 g/mol. The van der Waals surface area contributed by atoms with Crippen LogP contribution in [0.15, 0.2) is 24.3 Å². The quantitative estimate of drug-likeness (QED) is 0.779.